The number of aryl methyl sites for hydroxylation is 1. The SMILES string of the molecule is CCCCNC(=NCc1nnc(C)n1C)NCC1(c2ccccc2)CC1. The Hall–Kier alpha value is -2.37. The highest BCUT2D eigenvalue weighted by molar-refractivity contribution is 5.80. The fourth-order valence-electron chi connectivity index (χ4n) is 3.06. The van der Waals surface area contributed by atoms with Crippen molar-refractivity contribution in [2.24, 2.45) is 12.0 Å². The molecule has 0 spiro atoms. The lowest BCUT2D eigenvalue weighted by atomic mass is 9.96. The van der Waals surface area contributed by atoms with E-state index in [4.69, 9.17) is 4.99 Å². The summed E-state index contributed by atoms with van der Waals surface area (Å²) < 4.78 is 1.99. The van der Waals surface area contributed by atoms with Gasteiger partial charge in [-0.25, -0.2) is 4.99 Å². The lowest BCUT2D eigenvalue weighted by molar-refractivity contribution is 0.637. The number of nitrogens with one attached hydrogen (secondary N) is 2. The van der Waals surface area contributed by atoms with E-state index in [0.717, 1.165) is 43.5 Å². The molecule has 2 aromatic rings. The summed E-state index contributed by atoms with van der Waals surface area (Å²) in [5.41, 5.74) is 1.68. The Morgan fingerprint density at radius 2 is 1.96 bits per heavy atom. The topological polar surface area (TPSA) is 67.1 Å². The normalized spacial score (nSPS) is 15.7. The van der Waals surface area contributed by atoms with Gasteiger partial charge >= 0.3 is 0 Å². The number of aromatic nitrogens is 3. The average molecular weight is 355 g/mol. The Morgan fingerprint density at radius 3 is 2.58 bits per heavy atom. The number of hydrogen-bond donors (Lipinski definition) is 2. The van der Waals surface area contributed by atoms with E-state index in [-0.39, 0.29) is 5.41 Å². The second-order valence-corrected chi connectivity index (χ2v) is 7.17. The summed E-state index contributed by atoms with van der Waals surface area (Å²) in [6.07, 6.45) is 4.76. The predicted molar refractivity (Wildman–Crippen MR) is 105 cm³/mol. The minimum Gasteiger partial charge on any atom is -0.356 e. The number of aliphatic imine (C=N–C) groups is 1. The van der Waals surface area contributed by atoms with Gasteiger partial charge in [0, 0.05) is 25.6 Å². The quantitative estimate of drug-likeness (QED) is 0.434. The van der Waals surface area contributed by atoms with Gasteiger partial charge in [-0.15, -0.1) is 10.2 Å². The number of hydrogen-bond acceptors (Lipinski definition) is 3. The number of guanidine groups is 1. The lowest BCUT2D eigenvalue weighted by Crippen LogP contribution is -2.41. The molecule has 1 fully saturated rings. The van der Waals surface area contributed by atoms with Crippen LogP contribution in [0.15, 0.2) is 35.3 Å². The third-order valence-corrected chi connectivity index (χ3v) is 5.22. The summed E-state index contributed by atoms with van der Waals surface area (Å²) in [6, 6.07) is 10.8. The van der Waals surface area contributed by atoms with Crippen molar-refractivity contribution >= 4 is 5.96 Å². The van der Waals surface area contributed by atoms with E-state index in [9.17, 15) is 0 Å². The summed E-state index contributed by atoms with van der Waals surface area (Å²) >= 11 is 0. The van der Waals surface area contributed by atoms with Crippen LogP contribution in [-0.4, -0.2) is 33.8 Å². The highest BCUT2D eigenvalue weighted by Gasteiger charge is 2.43. The molecule has 26 heavy (non-hydrogen) atoms. The first-order valence-electron chi connectivity index (χ1n) is 9.57. The molecule has 1 aromatic carbocycles. The first-order valence-corrected chi connectivity index (χ1v) is 9.57. The maximum atomic E-state index is 4.74. The summed E-state index contributed by atoms with van der Waals surface area (Å²) in [6.45, 7) is 6.51. The van der Waals surface area contributed by atoms with Gasteiger partial charge in [0.15, 0.2) is 11.8 Å². The van der Waals surface area contributed by atoms with Gasteiger partial charge in [0.2, 0.25) is 0 Å². The second-order valence-electron chi connectivity index (χ2n) is 7.17. The summed E-state index contributed by atoms with van der Waals surface area (Å²) in [5.74, 6) is 2.65. The van der Waals surface area contributed by atoms with Crippen molar-refractivity contribution in [2.75, 3.05) is 13.1 Å². The van der Waals surface area contributed by atoms with Crippen LogP contribution in [0.1, 0.15) is 49.8 Å². The maximum Gasteiger partial charge on any atom is 0.191 e. The van der Waals surface area contributed by atoms with Gasteiger partial charge in [-0.3, -0.25) is 0 Å². The van der Waals surface area contributed by atoms with Crippen molar-refractivity contribution in [1.29, 1.82) is 0 Å². The fraction of sp³-hybridized carbons (Fsp3) is 0.550. The minimum absolute atomic E-state index is 0.260. The van der Waals surface area contributed by atoms with Crippen molar-refractivity contribution in [1.82, 2.24) is 25.4 Å². The van der Waals surface area contributed by atoms with Gasteiger partial charge in [0.25, 0.3) is 0 Å². The molecule has 0 bridgehead atoms. The molecule has 1 aromatic heterocycles. The van der Waals surface area contributed by atoms with Crippen LogP contribution in [0.5, 0.6) is 0 Å². The van der Waals surface area contributed by atoms with Crippen molar-refractivity contribution in [3.63, 3.8) is 0 Å². The van der Waals surface area contributed by atoms with E-state index in [0.29, 0.717) is 6.54 Å². The zero-order chi connectivity index (χ0) is 18.4. The van der Waals surface area contributed by atoms with E-state index < -0.39 is 0 Å². The van der Waals surface area contributed by atoms with Gasteiger partial charge < -0.3 is 15.2 Å². The molecule has 2 N–H and O–H groups in total. The molecule has 1 aliphatic rings. The van der Waals surface area contributed by atoms with E-state index in [1.165, 1.54) is 18.4 Å². The van der Waals surface area contributed by atoms with Crippen LogP contribution in [0.25, 0.3) is 0 Å². The molecule has 0 unspecified atom stereocenters. The summed E-state index contributed by atoms with van der Waals surface area (Å²) in [5, 5.41) is 15.3. The predicted octanol–water partition coefficient (Wildman–Crippen LogP) is 2.69. The van der Waals surface area contributed by atoms with Crippen LogP contribution < -0.4 is 10.6 Å². The van der Waals surface area contributed by atoms with Gasteiger partial charge in [0.05, 0.1) is 0 Å². The number of nitrogens with zero attached hydrogens (tertiary/aromatic N) is 4. The van der Waals surface area contributed by atoms with Gasteiger partial charge in [-0.2, -0.15) is 0 Å². The van der Waals surface area contributed by atoms with Gasteiger partial charge in [-0.05, 0) is 31.7 Å². The molecule has 0 aliphatic heterocycles. The summed E-state index contributed by atoms with van der Waals surface area (Å²) in [7, 11) is 1.98. The monoisotopic (exact) mass is 354 g/mol. The van der Waals surface area contributed by atoms with Crippen LogP contribution in [0, 0.1) is 6.92 Å². The Morgan fingerprint density at radius 1 is 1.19 bits per heavy atom. The third kappa shape index (κ3) is 4.42. The van der Waals surface area contributed by atoms with Crippen LogP contribution in [0.4, 0.5) is 0 Å². The Bertz CT molecular complexity index is 730. The highest BCUT2D eigenvalue weighted by Crippen LogP contribution is 2.47. The molecule has 140 valence electrons. The van der Waals surface area contributed by atoms with E-state index in [1.807, 2.05) is 18.5 Å². The fourth-order valence-corrected chi connectivity index (χ4v) is 3.06. The molecule has 1 heterocycles. The van der Waals surface area contributed by atoms with Crippen molar-refractivity contribution in [2.45, 2.75) is 51.5 Å². The number of unbranched alkanes of at least 4 members (excludes halogenated alkanes) is 1. The molecule has 0 radical (unpaired) electrons. The molecule has 0 atom stereocenters. The maximum absolute atomic E-state index is 4.74. The number of benzene rings is 1. The largest absolute Gasteiger partial charge is 0.356 e. The molecule has 0 amide bonds. The average Bonchev–Trinajstić information content (AvgIpc) is 3.40. The number of rotatable bonds is 8. The molecule has 3 rings (SSSR count). The van der Waals surface area contributed by atoms with Crippen LogP contribution in [-0.2, 0) is 19.0 Å². The van der Waals surface area contributed by atoms with Crippen molar-refractivity contribution in [3.05, 3.63) is 47.5 Å². The Kier molecular flexibility index (Phi) is 5.91. The molecule has 6 nitrogen and oxygen atoms in total. The second kappa shape index (κ2) is 8.34. The van der Waals surface area contributed by atoms with Crippen molar-refractivity contribution in [3.8, 4) is 0 Å². The summed E-state index contributed by atoms with van der Waals surface area (Å²) in [4.78, 5) is 4.74. The Labute approximate surface area is 156 Å². The van der Waals surface area contributed by atoms with Crippen LogP contribution >= 0.6 is 0 Å². The van der Waals surface area contributed by atoms with Crippen LogP contribution in [0.3, 0.4) is 0 Å². The third-order valence-electron chi connectivity index (χ3n) is 5.22. The van der Waals surface area contributed by atoms with E-state index >= 15 is 0 Å². The van der Waals surface area contributed by atoms with Gasteiger partial charge in [0.1, 0.15) is 12.4 Å². The van der Waals surface area contributed by atoms with Crippen LogP contribution in [0.2, 0.25) is 0 Å². The highest BCUT2D eigenvalue weighted by atomic mass is 15.3. The minimum atomic E-state index is 0.260. The van der Waals surface area contributed by atoms with E-state index in [2.05, 4.69) is 58.1 Å². The molecule has 6 heteroatoms. The molecular formula is C20H30N6. The first kappa shape index (κ1) is 18.4. The smallest absolute Gasteiger partial charge is 0.191 e. The van der Waals surface area contributed by atoms with Gasteiger partial charge in [-0.1, -0.05) is 43.7 Å². The van der Waals surface area contributed by atoms with Crippen molar-refractivity contribution < 1.29 is 0 Å². The first-order chi connectivity index (χ1) is 12.6. The standard InChI is InChI=1S/C20H30N6/c1-4-5-13-21-19(22-14-18-25-24-16(2)26(18)3)23-15-20(11-12-20)17-9-7-6-8-10-17/h6-10H,4-5,11-15H2,1-3H3,(H2,21,22,23). The zero-order valence-electron chi connectivity index (χ0n) is 16.1. The van der Waals surface area contributed by atoms with E-state index in [1.54, 1.807) is 0 Å². The lowest BCUT2D eigenvalue weighted by Gasteiger charge is -2.19. The Balaban J connectivity index is 1.64. The molecule has 0 saturated heterocycles. The molecule has 1 saturated carbocycles. The molecule has 1 aliphatic carbocycles. The zero-order valence-corrected chi connectivity index (χ0v) is 16.1. The molecular weight excluding hydrogens is 324 g/mol.